The summed E-state index contributed by atoms with van der Waals surface area (Å²) >= 11 is 0. The highest BCUT2D eigenvalue weighted by Crippen LogP contribution is 2.18. The number of hydrogen-bond acceptors (Lipinski definition) is 3. The van der Waals surface area contributed by atoms with Gasteiger partial charge in [0, 0.05) is 12.2 Å². The molecule has 0 aliphatic carbocycles. The molecule has 0 fully saturated rings. The summed E-state index contributed by atoms with van der Waals surface area (Å²) in [6, 6.07) is 17.4. The zero-order valence-electron chi connectivity index (χ0n) is 12.7. The third-order valence-electron chi connectivity index (χ3n) is 3.51. The predicted molar refractivity (Wildman–Crippen MR) is 85.5 cm³/mol. The van der Waals surface area contributed by atoms with Crippen LogP contribution in [0.3, 0.4) is 0 Å². The van der Waals surface area contributed by atoms with E-state index in [2.05, 4.69) is 4.90 Å². The van der Waals surface area contributed by atoms with Crippen LogP contribution in [0.25, 0.3) is 0 Å². The zero-order chi connectivity index (χ0) is 15.2. The Bertz CT molecular complexity index is 595. The molecule has 2 rings (SSSR count). The van der Waals surface area contributed by atoms with Crippen LogP contribution < -0.4 is 4.90 Å². The van der Waals surface area contributed by atoms with E-state index in [-0.39, 0.29) is 12.2 Å². The quantitative estimate of drug-likeness (QED) is 0.613. The average Bonchev–Trinajstić information content (AvgIpc) is 2.49. The summed E-state index contributed by atoms with van der Waals surface area (Å²) in [5.74, 6) is -0.282. The minimum Gasteiger partial charge on any atom is -0.438 e. The van der Waals surface area contributed by atoms with E-state index in [1.54, 1.807) is 6.07 Å². The number of nitrogens with zero attached hydrogens (tertiary/aromatic N) is 1. The molecule has 0 amide bonds. The first-order chi connectivity index (χ1) is 10.1. The van der Waals surface area contributed by atoms with Gasteiger partial charge < -0.3 is 9.64 Å². The molecule has 110 valence electrons. The lowest BCUT2D eigenvalue weighted by Crippen LogP contribution is -2.36. The first-order valence-corrected chi connectivity index (χ1v) is 7.21. The predicted octanol–water partition coefficient (Wildman–Crippen LogP) is 4.02. The first kappa shape index (κ1) is 15.1. The fraction of sp³-hybridized carbons (Fsp3) is 0.278. The number of aryl methyl sites for hydroxylation is 1. The standard InChI is InChI=1S/C18H21NO2/c1-4-19(16-11-6-5-7-12-16)15(3)21-18(20)17-13-9-8-10-14(17)2/h5-13,15H,4H2,1-3H3. The van der Waals surface area contributed by atoms with E-state index in [4.69, 9.17) is 4.74 Å². The Labute approximate surface area is 126 Å². The SMILES string of the molecule is CCN(c1ccccc1)C(C)OC(=O)c1ccccc1C. The molecule has 3 nitrogen and oxygen atoms in total. The number of hydrogen-bond donors (Lipinski definition) is 0. The van der Waals surface area contributed by atoms with Crippen LogP contribution in [0.5, 0.6) is 0 Å². The number of benzene rings is 2. The molecule has 2 aromatic rings. The molecular weight excluding hydrogens is 262 g/mol. The van der Waals surface area contributed by atoms with Crippen molar-refractivity contribution in [3.05, 3.63) is 65.7 Å². The van der Waals surface area contributed by atoms with Gasteiger partial charge in [-0.3, -0.25) is 0 Å². The highest BCUT2D eigenvalue weighted by molar-refractivity contribution is 5.91. The Hall–Kier alpha value is -2.29. The van der Waals surface area contributed by atoms with Crippen LogP contribution >= 0.6 is 0 Å². The van der Waals surface area contributed by atoms with Crippen molar-refractivity contribution in [2.75, 3.05) is 11.4 Å². The zero-order valence-corrected chi connectivity index (χ0v) is 12.7. The van der Waals surface area contributed by atoms with Crippen LogP contribution in [0, 0.1) is 6.92 Å². The van der Waals surface area contributed by atoms with E-state index in [1.165, 1.54) is 0 Å². The summed E-state index contributed by atoms with van der Waals surface area (Å²) in [5, 5.41) is 0. The molecule has 3 heteroatoms. The molecule has 0 radical (unpaired) electrons. The van der Waals surface area contributed by atoms with Crippen molar-refractivity contribution in [3.63, 3.8) is 0 Å². The normalized spacial score (nSPS) is 11.8. The van der Waals surface area contributed by atoms with Gasteiger partial charge >= 0.3 is 5.97 Å². The molecule has 1 atom stereocenters. The van der Waals surface area contributed by atoms with E-state index < -0.39 is 0 Å². The van der Waals surface area contributed by atoms with Gasteiger partial charge in [-0.1, -0.05) is 36.4 Å². The second kappa shape index (κ2) is 6.93. The lowest BCUT2D eigenvalue weighted by atomic mass is 10.1. The van der Waals surface area contributed by atoms with Crippen molar-refractivity contribution in [1.82, 2.24) is 0 Å². The van der Waals surface area contributed by atoms with Crippen LogP contribution in [0.4, 0.5) is 5.69 Å². The Kier molecular flexibility index (Phi) is 4.99. The molecule has 0 aromatic heterocycles. The van der Waals surface area contributed by atoms with Crippen LogP contribution in [0.15, 0.2) is 54.6 Å². The van der Waals surface area contributed by atoms with Gasteiger partial charge in [0.05, 0.1) is 5.56 Å². The number of carbonyl (C=O) groups excluding carboxylic acids is 1. The van der Waals surface area contributed by atoms with Gasteiger partial charge in [-0.15, -0.1) is 0 Å². The first-order valence-electron chi connectivity index (χ1n) is 7.21. The maximum Gasteiger partial charge on any atom is 0.340 e. The van der Waals surface area contributed by atoms with Crippen LogP contribution in [-0.4, -0.2) is 18.7 Å². The molecule has 2 aromatic carbocycles. The van der Waals surface area contributed by atoms with E-state index in [9.17, 15) is 4.79 Å². The van der Waals surface area contributed by atoms with Crippen molar-refractivity contribution < 1.29 is 9.53 Å². The smallest absolute Gasteiger partial charge is 0.340 e. The van der Waals surface area contributed by atoms with Crippen molar-refractivity contribution in [2.45, 2.75) is 27.0 Å². The molecule has 0 aliphatic rings. The number of anilines is 1. The topological polar surface area (TPSA) is 29.5 Å². The van der Waals surface area contributed by atoms with Gasteiger partial charge in [0.2, 0.25) is 0 Å². The maximum atomic E-state index is 12.3. The number of rotatable bonds is 5. The molecule has 0 N–H and O–H groups in total. The molecule has 0 saturated carbocycles. The van der Waals surface area contributed by atoms with Gasteiger partial charge in [0.15, 0.2) is 6.23 Å². The second-order valence-corrected chi connectivity index (χ2v) is 4.94. The van der Waals surface area contributed by atoms with E-state index in [1.807, 2.05) is 69.3 Å². The van der Waals surface area contributed by atoms with Crippen molar-refractivity contribution in [1.29, 1.82) is 0 Å². The maximum absolute atomic E-state index is 12.3. The van der Waals surface area contributed by atoms with Crippen LogP contribution in [-0.2, 0) is 4.74 Å². The third kappa shape index (κ3) is 3.63. The lowest BCUT2D eigenvalue weighted by molar-refractivity contribution is 0.0335. The molecule has 0 heterocycles. The minimum absolute atomic E-state index is 0.282. The number of esters is 1. The van der Waals surface area contributed by atoms with E-state index in [0.29, 0.717) is 5.56 Å². The molecule has 0 saturated heterocycles. The van der Waals surface area contributed by atoms with Gasteiger partial charge in [-0.2, -0.15) is 0 Å². The van der Waals surface area contributed by atoms with Gasteiger partial charge in [-0.05, 0) is 44.5 Å². The Morgan fingerprint density at radius 1 is 1.10 bits per heavy atom. The summed E-state index contributed by atoms with van der Waals surface area (Å²) in [5.41, 5.74) is 2.59. The Morgan fingerprint density at radius 3 is 2.33 bits per heavy atom. The summed E-state index contributed by atoms with van der Waals surface area (Å²) in [6.07, 6.45) is -0.315. The number of para-hydroxylation sites is 1. The Morgan fingerprint density at radius 2 is 1.71 bits per heavy atom. The van der Waals surface area contributed by atoms with Gasteiger partial charge in [0.25, 0.3) is 0 Å². The molecule has 0 aliphatic heterocycles. The molecule has 0 bridgehead atoms. The minimum atomic E-state index is -0.315. The number of ether oxygens (including phenoxy) is 1. The Balaban J connectivity index is 2.11. The molecule has 1 unspecified atom stereocenters. The van der Waals surface area contributed by atoms with E-state index >= 15 is 0 Å². The average molecular weight is 283 g/mol. The van der Waals surface area contributed by atoms with Crippen molar-refractivity contribution >= 4 is 11.7 Å². The van der Waals surface area contributed by atoms with Crippen LogP contribution in [0.2, 0.25) is 0 Å². The third-order valence-corrected chi connectivity index (χ3v) is 3.51. The summed E-state index contributed by atoms with van der Waals surface area (Å²) in [6.45, 7) is 6.63. The fourth-order valence-electron chi connectivity index (χ4n) is 2.35. The largest absolute Gasteiger partial charge is 0.438 e. The highest BCUT2D eigenvalue weighted by atomic mass is 16.6. The second-order valence-electron chi connectivity index (χ2n) is 4.94. The van der Waals surface area contributed by atoms with Crippen molar-refractivity contribution in [3.8, 4) is 0 Å². The number of carbonyl (C=O) groups is 1. The van der Waals surface area contributed by atoms with Gasteiger partial charge in [-0.25, -0.2) is 4.79 Å². The summed E-state index contributed by atoms with van der Waals surface area (Å²) in [7, 11) is 0. The monoisotopic (exact) mass is 283 g/mol. The highest BCUT2D eigenvalue weighted by Gasteiger charge is 2.18. The summed E-state index contributed by atoms with van der Waals surface area (Å²) in [4.78, 5) is 14.3. The fourth-order valence-corrected chi connectivity index (χ4v) is 2.35. The van der Waals surface area contributed by atoms with Crippen molar-refractivity contribution in [2.24, 2.45) is 0 Å². The van der Waals surface area contributed by atoms with Gasteiger partial charge in [0.1, 0.15) is 0 Å². The van der Waals surface area contributed by atoms with Crippen LogP contribution in [0.1, 0.15) is 29.8 Å². The molecule has 21 heavy (non-hydrogen) atoms. The molecular formula is C18H21NO2. The van der Waals surface area contributed by atoms with E-state index in [0.717, 1.165) is 17.8 Å². The lowest BCUT2D eigenvalue weighted by Gasteiger charge is -2.29. The molecule has 0 spiro atoms. The summed E-state index contributed by atoms with van der Waals surface area (Å²) < 4.78 is 5.61.